The van der Waals surface area contributed by atoms with E-state index in [-0.39, 0.29) is 17.2 Å². The first-order valence-electron chi connectivity index (χ1n) is 9.02. The second kappa shape index (κ2) is 7.97. The van der Waals surface area contributed by atoms with Crippen LogP contribution in [0, 0.1) is 5.41 Å². The quantitative estimate of drug-likeness (QED) is 0.821. The van der Waals surface area contributed by atoms with Crippen LogP contribution in [0.3, 0.4) is 0 Å². The van der Waals surface area contributed by atoms with Crippen LogP contribution >= 0.6 is 0 Å². The molecule has 0 atom stereocenters. The number of anilines is 1. The Morgan fingerprint density at radius 3 is 2.60 bits per heavy atom. The highest BCUT2D eigenvalue weighted by molar-refractivity contribution is 5.97. The second-order valence-electron chi connectivity index (χ2n) is 7.06. The van der Waals surface area contributed by atoms with Crippen LogP contribution < -0.4 is 15.5 Å². The molecular weight excluding hydrogens is 318 g/mol. The Balaban J connectivity index is 1.60. The SMILES string of the molecule is COCC1(CNC(=O)c2ccc(N3CCCC3=O)cc2)CCNCC1. The minimum Gasteiger partial charge on any atom is -0.384 e. The fourth-order valence-electron chi connectivity index (χ4n) is 3.72. The van der Waals surface area contributed by atoms with Crippen molar-refractivity contribution in [3.63, 3.8) is 0 Å². The molecule has 6 nitrogen and oxygen atoms in total. The lowest BCUT2D eigenvalue weighted by molar-refractivity contribution is -0.117. The second-order valence-corrected chi connectivity index (χ2v) is 7.06. The normalized spacial score (nSPS) is 19.9. The van der Waals surface area contributed by atoms with E-state index in [0.29, 0.717) is 25.1 Å². The van der Waals surface area contributed by atoms with Gasteiger partial charge < -0.3 is 20.3 Å². The van der Waals surface area contributed by atoms with Crippen LogP contribution in [-0.2, 0) is 9.53 Å². The van der Waals surface area contributed by atoms with Crippen molar-refractivity contribution in [1.82, 2.24) is 10.6 Å². The van der Waals surface area contributed by atoms with Crippen molar-refractivity contribution in [2.45, 2.75) is 25.7 Å². The fraction of sp³-hybridized carbons (Fsp3) is 0.579. The van der Waals surface area contributed by atoms with E-state index < -0.39 is 0 Å². The van der Waals surface area contributed by atoms with Gasteiger partial charge in [-0.2, -0.15) is 0 Å². The Hall–Kier alpha value is -1.92. The molecule has 2 saturated heterocycles. The highest BCUT2D eigenvalue weighted by Gasteiger charge is 2.32. The molecule has 0 spiro atoms. The summed E-state index contributed by atoms with van der Waals surface area (Å²) in [5.74, 6) is 0.0814. The Morgan fingerprint density at radius 1 is 1.28 bits per heavy atom. The minimum absolute atomic E-state index is 0.0115. The Labute approximate surface area is 148 Å². The number of hydrogen-bond acceptors (Lipinski definition) is 4. The third kappa shape index (κ3) is 4.19. The summed E-state index contributed by atoms with van der Waals surface area (Å²) in [4.78, 5) is 26.1. The molecular formula is C19H27N3O3. The highest BCUT2D eigenvalue weighted by Crippen LogP contribution is 2.28. The molecule has 25 heavy (non-hydrogen) atoms. The average Bonchev–Trinajstić information content (AvgIpc) is 3.07. The van der Waals surface area contributed by atoms with Gasteiger partial charge in [-0.05, 0) is 56.6 Å². The topological polar surface area (TPSA) is 70.7 Å². The van der Waals surface area contributed by atoms with Crippen molar-refractivity contribution >= 4 is 17.5 Å². The molecule has 1 aromatic carbocycles. The van der Waals surface area contributed by atoms with E-state index in [4.69, 9.17) is 4.74 Å². The Bertz CT molecular complexity index is 603. The van der Waals surface area contributed by atoms with Crippen LogP contribution in [0.4, 0.5) is 5.69 Å². The summed E-state index contributed by atoms with van der Waals surface area (Å²) in [5, 5.41) is 6.42. The molecule has 0 unspecified atom stereocenters. The van der Waals surface area contributed by atoms with Gasteiger partial charge in [0.1, 0.15) is 0 Å². The van der Waals surface area contributed by atoms with E-state index in [9.17, 15) is 9.59 Å². The number of methoxy groups -OCH3 is 1. The van der Waals surface area contributed by atoms with Gasteiger partial charge in [-0.25, -0.2) is 0 Å². The Morgan fingerprint density at radius 2 is 2.00 bits per heavy atom. The number of hydrogen-bond donors (Lipinski definition) is 2. The van der Waals surface area contributed by atoms with Gasteiger partial charge in [0.15, 0.2) is 0 Å². The molecule has 0 aliphatic carbocycles. The molecule has 0 radical (unpaired) electrons. The summed E-state index contributed by atoms with van der Waals surface area (Å²) in [5.41, 5.74) is 1.50. The van der Waals surface area contributed by atoms with E-state index in [1.54, 1.807) is 24.1 Å². The molecule has 2 amide bonds. The number of carbonyl (C=O) groups excluding carboxylic acids is 2. The summed E-state index contributed by atoms with van der Waals surface area (Å²) in [6, 6.07) is 7.30. The molecule has 0 saturated carbocycles. The van der Waals surface area contributed by atoms with Crippen molar-refractivity contribution in [2.75, 3.05) is 44.8 Å². The fourth-order valence-corrected chi connectivity index (χ4v) is 3.72. The maximum absolute atomic E-state index is 12.5. The maximum Gasteiger partial charge on any atom is 0.251 e. The third-order valence-electron chi connectivity index (χ3n) is 5.25. The lowest BCUT2D eigenvalue weighted by atomic mass is 9.79. The van der Waals surface area contributed by atoms with Crippen LogP contribution in [-0.4, -0.2) is 51.7 Å². The van der Waals surface area contributed by atoms with Crippen molar-refractivity contribution in [2.24, 2.45) is 5.41 Å². The third-order valence-corrected chi connectivity index (χ3v) is 5.25. The molecule has 6 heteroatoms. The average molecular weight is 345 g/mol. The smallest absolute Gasteiger partial charge is 0.251 e. The van der Waals surface area contributed by atoms with Gasteiger partial charge in [0.05, 0.1) is 6.61 Å². The van der Waals surface area contributed by atoms with Gasteiger partial charge in [-0.3, -0.25) is 9.59 Å². The summed E-state index contributed by atoms with van der Waals surface area (Å²) >= 11 is 0. The van der Waals surface area contributed by atoms with Gasteiger partial charge >= 0.3 is 0 Å². The van der Waals surface area contributed by atoms with E-state index in [1.165, 1.54) is 0 Å². The summed E-state index contributed by atoms with van der Waals surface area (Å²) in [7, 11) is 1.71. The number of ether oxygens (including phenoxy) is 1. The molecule has 2 N–H and O–H groups in total. The molecule has 2 aliphatic heterocycles. The first kappa shape index (κ1) is 17.9. The standard InChI is InChI=1S/C19H27N3O3/c1-25-14-19(8-10-20-11-9-19)13-21-18(24)15-4-6-16(7-5-15)22-12-2-3-17(22)23/h4-7,20H,2-3,8-14H2,1H3,(H,21,24). The number of rotatable bonds is 6. The summed E-state index contributed by atoms with van der Waals surface area (Å²) in [6.07, 6.45) is 3.50. The zero-order valence-electron chi connectivity index (χ0n) is 14.8. The van der Waals surface area contributed by atoms with Gasteiger partial charge in [0, 0.05) is 43.3 Å². The molecule has 2 heterocycles. The highest BCUT2D eigenvalue weighted by atomic mass is 16.5. The van der Waals surface area contributed by atoms with Crippen LogP contribution in [0.5, 0.6) is 0 Å². The van der Waals surface area contributed by atoms with Crippen molar-refractivity contribution in [3.05, 3.63) is 29.8 Å². The molecule has 0 bridgehead atoms. The van der Waals surface area contributed by atoms with Gasteiger partial charge in [-0.15, -0.1) is 0 Å². The van der Waals surface area contributed by atoms with Crippen molar-refractivity contribution in [3.8, 4) is 0 Å². The van der Waals surface area contributed by atoms with Crippen LogP contribution in [0.15, 0.2) is 24.3 Å². The summed E-state index contributed by atoms with van der Waals surface area (Å²) in [6.45, 7) is 3.95. The molecule has 136 valence electrons. The minimum atomic E-state index is -0.0756. The van der Waals surface area contributed by atoms with Gasteiger partial charge in [-0.1, -0.05) is 0 Å². The number of piperidine rings is 1. The first-order valence-corrected chi connectivity index (χ1v) is 9.02. The zero-order chi connectivity index (χ0) is 17.7. The predicted molar refractivity (Wildman–Crippen MR) is 96.8 cm³/mol. The predicted octanol–water partition coefficient (Wildman–Crippen LogP) is 1.56. The molecule has 0 aromatic heterocycles. The maximum atomic E-state index is 12.5. The molecule has 2 fully saturated rings. The van der Waals surface area contributed by atoms with E-state index in [1.807, 2.05) is 12.1 Å². The molecule has 3 rings (SSSR count). The van der Waals surface area contributed by atoms with E-state index in [0.717, 1.165) is 44.6 Å². The monoisotopic (exact) mass is 345 g/mol. The van der Waals surface area contributed by atoms with Gasteiger partial charge in [0.2, 0.25) is 5.91 Å². The van der Waals surface area contributed by atoms with Crippen molar-refractivity contribution < 1.29 is 14.3 Å². The molecule has 2 aliphatic rings. The van der Waals surface area contributed by atoms with Crippen LogP contribution in [0.25, 0.3) is 0 Å². The van der Waals surface area contributed by atoms with E-state index in [2.05, 4.69) is 10.6 Å². The Kier molecular flexibility index (Phi) is 5.71. The van der Waals surface area contributed by atoms with Crippen LogP contribution in [0.1, 0.15) is 36.0 Å². The first-order chi connectivity index (χ1) is 12.1. The summed E-state index contributed by atoms with van der Waals surface area (Å²) < 4.78 is 5.39. The van der Waals surface area contributed by atoms with E-state index >= 15 is 0 Å². The van der Waals surface area contributed by atoms with Crippen molar-refractivity contribution in [1.29, 1.82) is 0 Å². The largest absolute Gasteiger partial charge is 0.384 e. The van der Waals surface area contributed by atoms with Crippen LogP contribution in [0.2, 0.25) is 0 Å². The van der Waals surface area contributed by atoms with Gasteiger partial charge in [0.25, 0.3) is 5.91 Å². The number of benzene rings is 1. The lowest BCUT2D eigenvalue weighted by Gasteiger charge is -2.37. The number of amides is 2. The number of nitrogens with one attached hydrogen (secondary N) is 2. The zero-order valence-corrected chi connectivity index (χ0v) is 14.8. The molecule has 1 aromatic rings. The number of carbonyl (C=O) groups is 2. The lowest BCUT2D eigenvalue weighted by Crippen LogP contribution is -2.47. The number of nitrogens with zero attached hydrogens (tertiary/aromatic N) is 1.